The molecule has 1 aromatic carbocycles. The molecule has 1 saturated heterocycles. The second-order valence-corrected chi connectivity index (χ2v) is 6.26. The van der Waals surface area contributed by atoms with Crippen LogP contribution in [0.4, 0.5) is 5.69 Å². The van der Waals surface area contributed by atoms with E-state index in [4.69, 9.17) is 5.26 Å². The van der Waals surface area contributed by atoms with Crippen LogP contribution in [-0.4, -0.2) is 24.1 Å². The zero-order chi connectivity index (χ0) is 12.8. The number of hydrogen-bond donors (Lipinski definition) is 0. The number of nitriles is 1. The second kappa shape index (κ2) is 6.70. The van der Waals surface area contributed by atoms with Gasteiger partial charge in [-0.25, -0.2) is 0 Å². The Balaban J connectivity index is 2.07. The van der Waals surface area contributed by atoms with Crippen molar-refractivity contribution in [3.05, 3.63) is 29.8 Å². The Hall–Kier alpha value is -1.14. The van der Waals surface area contributed by atoms with Crippen LogP contribution < -0.4 is 4.90 Å². The lowest BCUT2D eigenvalue weighted by Crippen LogP contribution is -2.29. The van der Waals surface area contributed by atoms with Gasteiger partial charge in [-0.15, -0.1) is 0 Å². The lowest BCUT2D eigenvalue weighted by atomic mass is 10.2. The van der Waals surface area contributed by atoms with Crippen LogP contribution in [0.15, 0.2) is 24.3 Å². The SMILES string of the molecule is CCSC1CCCCN(c2ccc(C#N)cc2)C1. The molecule has 0 aliphatic carbocycles. The van der Waals surface area contributed by atoms with E-state index in [1.807, 2.05) is 12.1 Å². The van der Waals surface area contributed by atoms with Crippen molar-refractivity contribution in [1.82, 2.24) is 0 Å². The molecular weight excluding hydrogens is 240 g/mol. The molecule has 2 nitrogen and oxygen atoms in total. The van der Waals surface area contributed by atoms with Crippen LogP contribution >= 0.6 is 11.8 Å². The summed E-state index contributed by atoms with van der Waals surface area (Å²) in [4.78, 5) is 2.47. The Bertz CT molecular complexity index is 407. The van der Waals surface area contributed by atoms with E-state index in [1.54, 1.807) is 0 Å². The molecule has 1 aliphatic heterocycles. The standard InChI is InChI=1S/C15H20N2S/c1-2-18-15-5-3-4-10-17(12-15)14-8-6-13(11-16)7-9-14/h6-9,15H,2-5,10,12H2,1H3. The van der Waals surface area contributed by atoms with Crippen LogP contribution in [0.2, 0.25) is 0 Å². The Morgan fingerprint density at radius 1 is 1.33 bits per heavy atom. The van der Waals surface area contributed by atoms with E-state index in [-0.39, 0.29) is 0 Å². The zero-order valence-corrected chi connectivity index (χ0v) is 11.7. The van der Waals surface area contributed by atoms with Crippen LogP contribution in [0.1, 0.15) is 31.7 Å². The molecule has 0 saturated carbocycles. The second-order valence-electron chi connectivity index (χ2n) is 4.68. The maximum absolute atomic E-state index is 8.83. The maximum Gasteiger partial charge on any atom is 0.0991 e. The summed E-state index contributed by atoms with van der Waals surface area (Å²) in [6.07, 6.45) is 3.95. The molecule has 0 amide bonds. The molecule has 18 heavy (non-hydrogen) atoms. The van der Waals surface area contributed by atoms with Crippen molar-refractivity contribution >= 4 is 17.4 Å². The number of thioether (sulfide) groups is 1. The first-order valence-corrected chi connectivity index (χ1v) is 7.75. The molecule has 0 spiro atoms. The molecule has 0 radical (unpaired) electrons. The van der Waals surface area contributed by atoms with Crippen molar-refractivity contribution in [2.24, 2.45) is 0 Å². The van der Waals surface area contributed by atoms with Gasteiger partial charge in [-0.2, -0.15) is 17.0 Å². The Kier molecular flexibility index (Phi) is 4.95. The molecule has 1 heterocycles. The van der Waals surface area contributed by atoms with Gasteiger partial charge in [-0.1, -0.05) is 13.3 Å². The van der Waals surface area contributed by atoms with Gasteiger partial charge in [-0.3, -0.25) is 0 Å². The van der Waals surface area contributed by atoms with Crippen LogP contribution in [0.25, 0.3) is 0 Å². The van der Waals surface area contributed by atoms with Crippen molar-refractivity contribution in [3.8, 4) is 6.07 Å². The third kappa shape index (κ3) is 3.43. The van der Waals surface area contributed by atoms with E-state index in [9.17, 15) is 0 Å². The van der Waals surface area contributed by atoms with Gasteiger partial charge in [-0.05, 0) is 42.9 Å². The average Bonchev–Trinajstić information content (AvgIpc) is 2.65. The fourth-order valence-electron chi connectivity index (χ4n) is 2.46. The van der Waals surface area contributed by atoms with Gasteiger partial charge in [0.15, 0.2) is 0 Å². The molecule has 3 heteroatoms. The average molecular weight is 260 g/mol. The fourth-order valence-corrected chi connectivity index (χ4v) is 3.55. The number of nitrogens with zero attached hydrogens (tertiary/aromatic N) is 2. The topological polar surface area (TPSA) is 27.0 Å². The Labute approximate surface area is 114 Å². The third-order valence-corrected chi connectivity index (χ3v) is 4.58. The molecule has 96 valence electrons. The van der Waals surface area contributed by atoms with Crippen LogP contribution in [-0.2, 0) is 0 Å². The van der Waals surface area contributed by atoms with Crippen LogP contribution in [0.3, 0.4) is 0 Å². The van der Waals surface area contributed by atoms with Crippen molar-refractivity contribution in [1.29, 1.82) is 5.26 Å². The minimum Gasteiger partial charge on any atom is -0.370 e. The van der Waals surface area contributed by atoms with Gasteiger partial charge < -0.3 is 4.90 Å². The van der Waals surface area contributed by atoms with Crippen molar-refractivity contribution < 1.29 is 0 Å². The summed E-state index contributed by atoms with van der Waals surface area (Å²) in [6, 6.07) is 10.2. The van der Waals surface area contributed by atoms with E-state index in [2.05, 4.69) is 41.8 Å². The summed E-state index contributed by atoms with van der Waals surface area (Å²) in [7, 11) is 0. The molecule has 1 aliphatic rings. The maximum atomic E-state index is 8.83. The lowest BCUT2D eigenvalue weighted by molar-refractivity contribution is 0.736. The van der Waals surface area contributed by atoms with Gasteiger partial charge in [0.2, 0.25) is 0 Å². The van der Waals surface area contributed by atoms with E-state index in [1.165, 1.54) is 30.7 Å². The number of anilines is 1. The monoisotopic (exact) mass is 260 g/mol. The first-order valence-electron chi connectivity index (χ1n) is 6.70. The van der Waals surface area contributed by atoms with Crippen LogP contribution in [0, 0.1) is 11.3 Å². The van der Waals surface area contributed by atoms with E-state index in [0.29, 0.717) is 0 Å². The summed E-state index contributed by atoms with van der Waals surface area (Å²) < 4.78 is 0. The number of rotatable bonds is 3. The normalized spacial score (nSPS) is 20.2. The van der Waals surface area contributed by atoms with Crippen LogP contribution in [0.5, 0.6) is 0 Å². The largest absolute Gasteiger partial charge is 0.370 e. The minimum atomic E-state index is 0.744. The predicted octanol–water partition coefficient (Wildman–Crippen LogP) is 3.67. The van der Waals surface area contributed by atoms with Crippen molar-refractivity contribution in [2.75, 3.05) is 23.7 Å². The summed E-state index contributed by atoms with van der Waals surface area (Å²) >= 11 is 2.08. The summed E-state index contributed by atoms with van der Waals surface area (Å²) in [5.74, 6) is 1.20. The molecule has 0 aromatic heterocycles. The van der Waals surface area contributed by atoms with Gasteiger partial charge >= 0.3 is 0 Å². The molecule has 2 rings (SSSR count). The molecule has 0 bridgehead atoms. The third-order valence-electron chi connectivity index (χ3n) is 3.39. The predicted molar refractivity (Wildman–Crippen MR) is 79.1 cm³/mol. The minimum absolute atomic E-state index is 0.744. The van der Waals surface area contributed by atoms with Crippen molar-refractivity contribution in [3.63, 3.8) is 0 Å². The van der Waals surface area contributed by atoms with Gasteiger partial charge in [0, 0.05) is 24.0 Å². The zero-order valence-electron chi connectivity index (χ0n) is 10.9. The van der Waals surface area contributed by atoms with Gasteiger partial charge in [0.05, 0.1) is 11.6 Å². The first-order chi connectivity index (χ1) is 8.83. The number of hydrogen-bond acceptors (Lipinski definition) is 3. The van der Waals surface area contributed by atoms with Gasteiger partial charge in [0.1, 0.15) is 0 Å². The quantitative estimate of drug-likeness (QED) is 0.829. The number of benzene rings is 1. The lowest BCUT2D eigenvalue weighted by Gasteiger charge is -2.26. The summed E-state index contributed by atoms with van der Waals surface area (Å²) in [5.41, 5.74) is 2.01. The molecular formula is C15H20N2S. The van der Waals surface area contributed by atoms with E-state index < -0.39 is 0 Å². The smallest absolute Gasteiger partial charge is 0.0991 e. The molecule has 1 fully saturated rings. The highest BCUT2D eigenvalue weighted by molar-refractivity contribution is 7.99. The fraction of sp³-hybridized carbons (Fsp3) is 0.533. The Morgan fingerprint density at radius 3 is 2.78 bits per heavy atom. The molecule has 1 unspecified atom stereocenters. The van der Waals surface area contributed by atoms with Gasteiger partial charge in [0.25, 0.3) is 0 Å². The highest BCUT2D eigenvalue weighted by Crippen LogP contribution is 2.25. The molecule has 1 atom stereocenters. The molecule has 1 aromatic rings. The Morgan fingerprint density at radius 2 is 2.11 bits per heavy atom. The van der Waals surface area contributed by atoms with E-state index >= 15 is 0 Å². The van der Waals surface area contributed by atoms with E-state index in [0.717, 1.165) is 23.9 Å². The first kappa shape index (κ1) is 13.3. The highest BCUT2D eigenvalue weighted by Gasteiger charge is 2.18. The molecule has 0 N–H and O–H groups in total. The highest BCUT2D eigenvalue weighted by atomic mass is 32.2. The van der Waals surface area contributed by atoms with Crippen molar-refractivity contribution in [2.45, 2.75) is 31.4 Å². The summed E-state index contributed by atoms with van der Waals surface area (Å²) in [5, 5.41) is 9.59. The summed E-state index contributed by atoms with van der Waals surface area (Å²) in [6.45, 7) is 4.53.